The topological polar surface area (TPSA) is 147 Å². The average Bonchev–Trinajstić information content (AvgIpc) is 3.37. The number of nitrogens with zero attached hydrogens (tertiary/aromatic N) is 4. The summed E-state index contributed by atoms with van der Waals surface area (Å²) in [6.07, 6.45) is 2.46. The highest BCUT2D eigenvalue weighted by atomic mass is 16.6. The van der Waals surface area contributed by atoms with E-state index >= 15 is 0 Å². The van der Waals surface area contributed by atoms with Crippen LogP contribution in [-0.4, -0.2) is 103 Å². The van der Waals surface area contributed by atoms with Crippen molar-refractivity contribution in [2.24, 2.45) is 5.10 Å². The molecule has 0 atom stereocenters. The Morgan fingerprint density at radius 1 is 0.894 bits per heavy atom. The van der Waals surface area contributed by atoms with Crippen molar-refractivity contribution in [3.63, 3.8) is 0 Å². The van der Waals surface area contributed by atoms with Crippen LogP contribution in [0.2, 0.25) is 0 Å². The van der Waals surface area contributed by atoms with E-state index in [2.05, 4.69) is 10.4 Å². The predicted molar refractivity (Wildman–Crippen MR) is 175 cm³/mol. The van der Waals surface area contributed by atoms with Gasteiger partial charge in [0.15, 0.2) is 0 Å². The predicted octanol–water partition coefficient (Wildman–Crippen LogP) is 3.30. The third kappa shape index (κ3) is 10.8. The first kappa shape index (κ1) is 36.4. The molecule has 5 amide bonds. The molecule has 1 aliphatic heterocycles. The van der Waals surface area contributed by atoms with Crippen LogP contribution in [0.25, 0.3) is 0 Å². The number of hydrogen-bond acceptors (Lipinski definition) is 9. The maximum Gasteiger partial charge on any atom is 0.415 e. The van der Waals surface area contributed by atoms with Gasteiger partial charge in [0.25, 0.3) is 17.7 Å². The number of amides is 5. The molecular formula is C34H43N5O8. The molecule has 0 fully saturated rings. The van der Waals surface area contributed by atoms with Gasteiger partial charge in [0.1, 0.15) is 23.6 Å². The van der Waals surface area contributed by atoms with E-state index in [0.717, 1.165) is 16.0 Å². The molecule has 13 heteroatoms. The van der Waals surface area contributed by atoms with E-state index in [1.807, 2.05) is 31.2 Å². The molecule has 1 heterocycles. The van der Waals surface area contributed by atoms with Crippen LogP contribution in [0.3, 0.4) is 0 Å². The summed E-state index contributed by atoms with van der Waals surface area (Å²) in [5, 5.41) is 8.38. The van der Waals surface area contributed by atoms with Gasteiger partial charge in [-0.3, -0.25) is 29.0 Å². The molecular weight excluding hydrogens is 606 g/mol. The van der Waals surface area contributed by atoms with Crippen molar-refractivity contribution in [2.45, 2.75) is 46.1 Å². The second-order valence-corrected chi connectivity index (χ2v) is 11.4. The fourth-order valence-electron chi connectivity index (χ4n) is 4.35. The SMILES string of the molecule is C/C(=N\N(C)C(=O)C(C)(C)N(C)C(=O)Oc1ccc(C)cc1)c1ccc(OCCOCCC(=O)NCCCN2C(=O)C=CC2=O)cc1. The van der Waals surface area contributed by atoms with Crippen LogP contribution < -0.4 is 14.8 Å². The summed E-state index contributed by atoms with van der Waals surface area (Å²) >= 11 is 0. The Kier molecular flexibility index (Phi) is 13.2. The molecule has 47 heavy (non-hydrogen) atoms. The summed E-state index contributed by atoms with van der Waals surface area (Å²) in [5.41, 5.74) is 1.17. The van der Waals surface area contributed by atoms with Crippen molar-refractivity contribution in [2.75, 3.05) is 47.0 Å². The minimum absolute atomic E-state index is 0.179. The van der Waals surface area contributed by atoms with Crippen LogP contribution in [0.4, 0.5) is 4.79 Å². The summed E-state index contributed by atoms with van der Waals surface area (Å²) in [5.74, 6) is -0.245. The number of rotatable bonds is 16. The number of benzene rings is 2. The number of aryl methyl sites for hydroxylation is 1. The molecule has 13 nitrogen and oxygen atoms in total. The highest BCUT2D eigenvalue weighted by Gasteiger charge is 2.38. The molecule has 0 radical (unpaired) electrons. The monoisotopic (exact) mass is 649 g/mol. The van der Waals surface area contributed by atoms with Gasteiger partial charge in [-0.15, -0.1) is 0 Å². The van der Waals surface area contributed by atoms with Crippen molar-refractivity contribution in [3.8, 4) is 11.5 Å². The van der Waals surface area contributed by atoms with Crippen LogP contribution in [0, 0.1) is 6.92 Å². The summed E-state index contributed by atoms with van der Waals surface area (Å²) in [7, 11) is 3.04. The first-order valence-corrected chi connectivity index (χ1v) is 15.3. The minimum atomic E-state index is -1.24. The van der Waals surface area contributed by atoms with Crippen molar-refractivity contribution >= 4 is 35.4 Å². The zero-order valence-electron chi connectivity index (χ0n) is 27.8. The van der Waals surface area contributed by atoms with Crippen molar-refractivity contribution in [1.29, 1.82) is 0 Å². The standard InChI is InChI=1S/C34H43N5O8/c1-24-8-12-28(13-9-24)47-33(44)37(5)34(3,4)32(43)38(6)36-25(2)26-10-14-27(15-11-26)46-23-22-45-21-18-29(40)35-19-7-20-39-30(41)16-17-31(39)42/h8-17H,7,18-23H2,1-6H3,(H,35,40)/b36-25+. The number of imide groups is 1. The summed E-state index contributed by atoms with van der Waals surface area (Å²) in [6.45, 7) is 8.38. The smallest absolute Gasteiger partial charge is 0.415 e. The van der Waals surface area contributed by atoms with Crippen LogP contribution in [-0.2, 0) is 23.9 Å². The maximum absolute atomic E-state index is 13.3. The van der Waals surface area contributed by atoms with E-state index in [4.69, 9.17) is 14.2 Å². The number of carbonyl (C=O) groups is 5. The fourth-order valence-corrected chi connectivity index (χ4v) is 4.35. The molecule has 3 rings (SSSR count). The highest BCUT2D eigenvalue weighted by molar-refractivity contribution is 6.12. The molecule has 0 saturated heterocycles. The first-order valence-electron chi connectivity index (χ1n) is 15.3. The second-order valence-electron chi connectivity index (χ2n) is 11.4. The summed E-state index contributed by atoms with van der Waals surface area (Å²) in [6, 6.07) is 14.3. The van der Waals surface area contributed by atoms with Crippen LogP contribution >= 0.6 is 0 Å². The van der Waals surface area contributed by atoms with E-state index in [9.17, 15) is 24.0 Å². The van der Waals surface area contributed by atoms with E-state index < -0.39 is 17.5 Å². The normalized spacial score (nSPS) is 13.1. The summed E-state index contributed by atoms with van der Waals surface area (Å²) in [4.78, 5) is 63.4. The molecule has 1 aliphatic rings. The van der Waals surface area contributed by atoms with Gasteiger partial charge in [-0.05, 0) is 76.1 Å². The molecule has 2 aromatic rings. The molecule has 0 spiro atoms. The van der Waals surface area contributed by atoms with Crippen molar-refractivity contribution in [3.05, 3.63) is 71.8 Å². The van der Waals surface area contributed by atoms with E-state index in [-0.39, 0.29) is 50.5 Å². The van der Waals surface area contributed by atoms with Gasteiger partial charge < -0.3 is 19.5 Å². The molecule has 0 aromatic heterocycles. The third-order valence-electron chi connectivity index (χ3n) is 7.48. The van der Waals surface area contributed by atoms with Gasteiger partial charge >= 0.3 is 6.09 Å². The van der Waals surface area contributed by atoms with Gasteiger partial charge in [0, 0.05) is 45.8 Å². The second kappa shape index (κ2) is 17.0. The Morgan fingerprint density at radius 2 is 1.51 bits per heavy atom. The van der Waals surface area contributed by atoms with Crippen molar-refractivity contribution < 1.29 is 38.2 Å². The zero-order chi connectivity index (χ0) is 34.6. The maximum atomic E-state index is 13.3. The molecule has 1 N–H and O–H groups in total. The molecule has 0 bridgehead atoms. The Hall–Kier alpha value is -5.04. The quantitative estimate of drug-likeness (QED) is 0.126. The largest absolute Gasteiger partial charge is 0.491 e. The number of carbonyl (C=O) groups excluding carboxylic acids is 5. The Labute approximate surface area is 275 Å². The van der Waals surface area contributed by atoms with E-state index in [0.29, 0.717) is 30.2 Å². The number of likely N-dealkylation sites (N-methyl/N-ethyl adjacent to an activating group) is 2. The Bertz CT molecular complexity index is 1470. The summed E-state index contributed by atoms with van der Waals surface area (Å²) < 4.78 is 16.6. The van der Waals surface area contributed by atoms with Gasteiger partial charge in [-0.25, -0.2) is 9.80 Å². The van der Waals surface area contributed by atoms with Gasteiger partial charge in [0.05, 0.1) is 18.9 Å². The van der Waals surface area contributed by atoms with Gasteiger partial charge in [-0.2, -0.15) is 5.10 Å². The van der Waals surface area contributed by atoms with E-state index in [1.165, 1.54) is 36.2 Å². The zero-order valence-corrected chi connectivity index (χ0v) is 27.8. The fraction of sp³-hybridized carbons (Fsp3) is 0.412. The number of hydrogen-bond donors (Lipinski definition) is 1. The average molecular weight is 650 g/mol. The van der Waals surface area contributed by atoms with Gasteiger partial charge in [-0.1, -0.05) is 17.7 Å². The van der Waals surface area contributed by atoms with Crippen LogP contribution in [0.15, 0.2) is 65.8 Å². The van der Waals surface area contributed by atoms with Crippen LogP contribution in [0.1, 0.15) is 44.7 Å². The minimum Gasteiger partial charge on any atom is -0.491 e. The van der Waals surface area contributed by atoms with Crippen LogP contribution in [0.5, 0.6) is 11.5 Å². The van der Waals surface area contributed by atoms with Gasteiger partial charge in [0.2, 0.25) is 5.91 Å². The van der Waals surface area contributed by atoms with E-state index in [1.54, 1.807) is 45.0 Å². The lowest BCUT2D eigenvalue weighted by atomic mass is 10.0. The molecule has 0 aliphatic carbocycles. The number of ether oxygens (including phenoxy) is 3. The lowest BCUT2D eigenvalue weighted by Crippen LogP contribution is -2.55. The Balaban J connectivity index is 1.35. The molecule has 0 unspecified atom stereocenters. The molecule has 252 valence electrons. The highest BCUT2D eigenvalue weighted by Crippen LogP contribution is 2.20. The lowest BCUT2D eigenvalue weighted by Gasteiger charge is -2.35. The molecule has 0 saturated carbocycles. The number of hydrazone groups is 1. The Morgan fingerprint density at radius 3 is 2.15 bits per heavy atom. The lowest BCUT2D eigenvalue weighted by molar-refractivity contribution is -0.139. The van der Waals surface area contributed by atoms with Crippen molar-refractivity contribution in [1.82, 2.24) is 20.1 Å². The third-order valence-corrected chi connectivity index (χ3v) is 7.48. The first-order chi connectivity index (χ1) is 22.3. The molecule has 2 aromatic carbocycles. The number of nitrogens with one attached hydrogen (secondary N) is 1.